The highest BCUT2D eigenvalue weighted by molar-refractivity contribution is 6.39. The van der Waals surface area contributed by atoms with Crippen molar-refractivity contribution in [2.45, 2.75) is 0 Å². The molecule has 2 rings (SSSR count). The van der Waals surface area contributed by atoms with Crippen molar-refractivity contribution in [3.05, 3.63) is 39.8 Å². The number of nitrogens with zero attached hydrogens (tertiary/aromatic N) is 1. The van der Waals surface area contributed by atoms with E-state index in [2.05, 4.69) is 9.72 Å². The number of hydrogen-bond acceptors (Lipinski definition) is 3. The number of carbonyl (C=O) groups is 1. The average Bonchev–Trinajstić information content (AvgIpc) is 2.34. The Kier molecular flexibility index (Phi) is 3.17. The van der Waals surface area contributed by atoms with Crippen molar-refractivity contribution < 1.29 is 13.9 Å². The van der Waals surface area contributed by atoms with Crippen LogP contribution in [0.1, 0.15) is 10.4 Å². The molecule has 3 nitrogen and oxygen atoms in total. The van der Waals surface area contributed by atoms with Crippen LogP contribution in [0.5, 0.6) is 0 Å². The number of esters is 1. The van der Waals surface area contributed by atoms with Gasteiger partial charge in [0.1, 0.15) is 0 Å². The first-order chi connectivity index (χ1) is 8.06. The van der Waals surface area contributed by atoms with Gasteiger partial charge in [0.25, 0.3) is 0 Å². The van der Waals surface area contributed by atoms with Crippen LogP contribution in [-0.4, -0.2) is 18.1 Å². The molecule has 1 aromatic carbocycles. The van der Waals surface area contributed by atoms with Crippen LogP contribution in [0, 0.1) is 5.82 Å². The molecule has 0 radical (unpaired) electrons. The van der Waals surface area contributed by atoms with E-state index in [-0.39, 0.29) is 21.0 Å². The molecule has 1 heterocycles. The largest absolute Gasteiger partial charge is 0.465 e. The Hall–Kier alpha value is -1.39. The number of fused-ring (bicyclic) bond motifs is 1. The summed E-state index contributed by atoms with van der Waals surface area (Å²) < 4.78 is 18.2. The summed E-state index contributed by atoms with van der Waals surface area (Å²) in [5.74, 6) is -1.39. The number of methoxy groups -OCH3 is 1. The van der Waals surface area contributed by atoms with E-state index in [1.807, 2.05) is 0 Å². The number of aromatic nitrogens is 1. The van der Waals surface area contributed by atoms with Gasteiger partial charge in [0.2, 0.25) is 0 Å². The van der Waals surface area contributed by atoms with Gasteiger partial charge < -0.3 is 4.74 Å². The normalized spacial score (nSPS) is 10.6. The number of benzene rings is 1. The first-order valence-electron chi connectivity index (χ1n) is 4.56. The van der Waals surface area contributed by atoms with Crippen molar-refractivity contribution in [3.8, 4) is 0 Å². The van der Waals surface area contributed by atoms with Crippen LogP contribution >= 0.6 is 23.2 Å². The van der Waals surface area contributed by atoms with E-state index in [0.29, 0.717) is 5.52 Å². The van der Waals surface area contributed by atoms with Gasteiger partial charge in [0.15, 0.2) is 5.82 Å². The van der Waals surface area contributed by atoms with Crippen molar-refractivity contribution in [1.29, 1.82) is 0 Å². The SMILES string of the molecule is COC(=O)c1ccnc2cc(Cl)c(F)c(Cl)c12. The van der Waals surface area contributed by atoms with Crippen LogP contribution in [-0.2, 0) is 4.74 Å². The lowest BCUT2D eigenvalue weighted by molar-refractivity contribution is 0.0603. The molecule has 0 atom stereocenters. The lowest BCUT2D eigenvalue weighted by Gasteiger charge is -2.07. The summed E-state index contributed by atoms with van der Waals surface area (Å²) in [7, 11) is 1.23. The highest BCUT2D eigenvalue weighted by atomic mass is 35.5. The number of ether oxygens (including phenoxy) is 1. The van der Waals surface area contributed by atoms with Crippen LogP contribution in [0.25, 0.3) is 10.9 Å². The zero-order valence-electron chi connectivity index (χ0n) is 8.63. The van der Waals surface area contributed by atoms with Gasteiger partial charge in [-0.05, 0) is 12.1 Å². The average molecular weight is 274 g/mol. The van der Waals surface area contributed by atoms with Gasteiger partial charge in [-0.3, -0.25) is 4.98 Å². The zero-order valence-corrected chi connectivity index (χ0v) is 10.1. The van der Waals surface area contributed by atoms with E-state index >= 15 is 0 Å². The third kappa shape index (κ3) is 1.94. The standard InChI is InChI=1S/C11H6Cl2FNO2/c1-17-11(16)5-2-3-15-7-4-6(12)10(14)9(13)8(5)7/h2-4H,1H3. The van der Waals surface area contributed by atoms with Crippen molar-refractivity contribution >= 4 is 40.1 Å². The minimum atomic E-state index is -0.779. The van der Waals surface area contributed by atoms with Crippen LogP contribution in [0.2, 0.25) is 10.0 Å². The Bertz CT molecular complexity index is 616. The summed E-state index contributed by atoms with van der Waals surface area (Å²) in [5, 5.41) is -0.180. The third-order valence-corrected chi connectivity index (χ3v) is 2.90. The Morgan fingerprint density at radius 2 is 2.18 bits per heavy atom. The lowest BCUT2D eigenvalue weighted by Crippen LogP contribution is -2.03. The molecule has 0 aliphatic heterocycles. The summed E-state index contributed by atoms with van der Waals surface area (Å²) >= 11 is 11.5. The van der Waals surface area contributed by atoms with Gasteiger partial charge in [0, 0.05) is 11.6 Å². The molecule has 0 saturated heterocycles. The predicted molar refractivity (Wildman–Crippen MR) is 63.1 cm³/mol. The molecule has 0 unspecified atom stereocenters. The van der Waals surface area contributed by atoms with E-state index in [0.717, 1.165) is 0 Å². The summed E-state index contributed by atoms with van der Waals surface area (Å²) in [6, 6.07) is 2.72. The first-order valence-corrected chi connectivity index (χ1v) is 5.32. The molecule has 6 heteroatoms. The van der Waals surface area contributed by atoms with Crippen LogP contribution in [0.3, 0.4) is 0 Å². The molecule has 17 heavy (non-hydrogen) atoms. The van der Waals surface area contributed by atoms with Gasteiger partial charge >= 0.3 is 5.97 Å². The number of rotatable bonds is 1. The minimum absolute atomic E-state index is 0.142. The third-order valence-electron chi connectivity index (χ3n) is 2.27. The van der Waals surface area contributed by atoms with Crippen molar-refractivity contribution in [1.82, 2.24) is 4.98 Å². The van der Waals surface area contributed by atoms with Gasteiger partial charge in [-0.2, -0.15) is 0 Å². The molecular formula is C11H6Cl2FNO2. The molecule has 0 N–H and O–H groups in total. The van der Waals surface area contributed by atoms with Crippen LogP contribution in [0.15, 0.2) is 18.3 Å². The summed E-state index contributed by atoms with van der Waals surface area (Å²) in [4.78, 5) is 15.5. The zero-order chi connectivity index (χ0) is 12.6. The first kappa shape index (κ1) is 12.1. The van der Waals surface area contributed by atoms with E-state index in [9.17, 15) is 9.18 Å². The van der Waals surface area contributed by atoms with Gasteiger partial charge in [-0.15, -0.1) is 0 Å². The maximum Gasteiger partial charge on any atom is 0.338 e. The van der Waals surface area contributed by atoms with Crippen molar-refractivity contribution in [2.24, 2.45) is 0 Å². The second-order valence-electron chi connectivity index (χ2n) is 3.23. The quantitative estimate of drug-likeness (QED) is 0.590. The fourth-order valence-corrected chi connectivity index (χ4v) is 2.04. The van der Waals surface area contributed by atoms with E-state index < -0.39 is 11.8 Å². The van der Waals surface area contributed by atoms with Gasteiger partial charge in [-0.25, -0.2) is 9.18 Å². The van der Waals surface area contributed by atoms with Crippen molar-refractivity contribution in [3.63, 3.8) is 0 Å². The molecule has 0 fully saturated rings. The van der Waals surface area contributed by atoms with E-state index in [4.69, 9.17) is 23.2 Å². The predicted octanol–water partition coefficient (Wildman–Crippen LogP) is 3.47. The number of hydrogen-bond donors (Lipinski definition) is 0. The van der Waals surface area contributed by atoms with Crippen LogP contribution in [0.4, 0.5) is 4.39 Å². The summed E-state index contributed by atoms with van der Waals surface area (Å²) in [6.07, 6.45) is 1.40. The molecule has 0 spiro atoms. The minimum Gasteiger partial charge on any atom is -0.465 e. The fourth-order valence-electron chi connectivity index (χ4n) is 1.50. The molecule has 88 valence electrons. The Labute approximate surface area is 106 Å². The second-order valence-corrected chi connectivity index (χ2v) is 4.02. The van der Waals surface area contributed by atoms with Gasteiger partial charge in [-0.1, -0.05) is 23.2 Å². The number of carbonyl (C=O) groups excluding carboxylic acids is 1. The molecule has 0 bridgehead atoms. The molecule has 2 aromatic rings. The molecule has 0 saturated carbocycles. The number of pyridine rings is 1. The molecule has 0 aliphatic rings. The van der Waals surface area contributed by atoms with Crippen molar-refractivity contribution in [2.75, 3.05) is 7.11 Å². The molecule has 0 amide bonds. The molecule has 0 aliphatic carbocycles. The molecule has 1 aromatic heterocycles. The Balaban J connectivity index is 2.88. The Morgan fingerprint density at radius 3 is 2.82 bits per heavy atom. The highest BCUT2D eigenvalue weighted by Crippen LogP contribution is 2.33. The second kappa shape index (κ2) is 4.47. The molecular weight excluding hydrogens is 268 g/mol. The lowest BCUT2D eigenvalue weighted by atomic mass is 10.1. The highest BCUT2D eigenvalue weighted by Gasteiger charge is 2.18. The number of halogens is 3. The fraction of sp³-hybridized carbons (Fsp3) is 0.0909. The Morgan fingerprint density at radius 1 is 1.47 bits per heavy atom. The topological polar surface area (TPSA) is 39.2 Å². The van der Waals surface area contributed by atoms with Crippen LogP contribution < -0.4 is 0 Å². The maximum atomic E-state index is 13.6. The smallest absolute Gasteiger partial charge is 0.338 e. The van der Waals surface area contributed by atoms with E-state index in [1.54, 1.807) is 0 Å². The van der Waals surface area contributed by atoms with Gasteiger partial charge in [0.05, 0.1) is 28.2 Å². The summed E-state index contributed by atoms with van der Waals surface area (Å²) in [5.41, 5.74) is 0.488. The maximum absolute atomic E-state index is 13.6. The summed E-state index contributed by atoms with van der Waals surface area (Å²) in [6.45, 7) is 0. The van der Waals surface area contributed by atoms with E-state index in [1.165, 1.54) is 25.4 Å². The monoisotopic (exact) mass is 273 g/mol.